The molecule has 0 bridgehead atoms. The molecule has 1 N–H and O–H groups in total. The molecule has 0 atom stereocenters. The lowest BCUT2D eigenvalue weighted by Gasteiger charge is -2.05. The van der Waals surface area contributed by atoms with Crippen molar-refractivity contribution in [3.63, 3.8) is 0 Å². The van der Waals surface area contributed by atoms with Crippen molar-refractivity contribution in [3.05, 3.63) is 54.4 Å². The Morgan fingerprint density at radius 1 is 1.26 bits per heavy atom. The number of fused-ring (bicyclic) bond motifs is 1. The lowest BCUT2D eigenvalue weighted by atomic mass is 10.1. The Kier molecular flexibility index (Phi) is 5.00. The number of rotatable bonds is 6. The number of amides is 1. The maximum atomic E-state index is 12.2. The molecule has 118 valence electrons. The van der Waals surface area contributed by atoms with Crippen molar-refractivity contribution in [2.24, 2.45) is 0 Å². The highest BCUT2D eigenvalue weighted by molar-refractivity contribution is 7.22. The van der Waals surface area contributed by atoms with Gasteiger partial charge in [0.2, 0.25) is 0 Å². The Balaban J connectivity index is 1.78. The molecule has 1 aromatic carbocycles. The van der Waals surface area contributed by atoms with E-state index in [1.165, 1.54) is 10.1 Å². The Morgan fingerprint density at radius 2 is 2.13 bits per heavy atom. The van der Waals surface area contributed by atoms with Gasteiger partial charge in [-0.3, -0.25) is 9.78 Å². The van der Waals surface area contributed by atoms with Gasteiger partial charge < -0.3 is 10.1 Å². The van der Waals surface area contributed by atoms with Crippen LogP contribution in [0.4, 0.5) is 0 Å². The SMILES string of the molecule is COCCCNC(=O)c1cncc(-c2cc3ccccc3s2)c1. The Morgan fingerprint density at radius 3 is 2.96 bits per heavy atom. The molecule has 0 radical (unpaired) electrons. The van der Waals surface area contributed by atoms with Gasteiger partial charge in [0.15, 0.2) is 0 Å². The molecular weight excluding hydrogens is 308 g/mol. The van der Waals surface area contributed by atoms with Crippen molar-refractivity contribution < 1.29 is 9.53 Å². The summed E-state index contributed by atoms with van der Waals surface area (Å²) in [5.41, 5.74) is 1.55. The molecule has 0 aliphatic heterocycles. The topological polar surface area (TPSA) is 51.2 Å². The van der Waals surface area contributed by atoms with Crippen LogP contribution in [0.3, 0.4) is 0 Å². The Labute approximate surface area is 139 Å². The lowest BCUT2D eigenvalue weighted by Crippen LogP contribution is -2.25. The number of carbonyl (C=O) groups is 1. The average molecular weight is 326 g/mol. The fourth-order valence-electron chi connectivity index (χ4n) is 2.34. The molecule has 1 amide bonds. The predicted octanol–water partition coefficient (Wildman–Crippen LogP) is 3.73. The van der Waals surface area contributed by atoms with E-state index in [1.807, 2.05) is 18.2 Å². The number of benzene rings is 1. The zero-order valence-electron chi connectivity index (χ0n) is 12.9. The van der Waals surface area contributed by atoms with Crippen molar-refractivity contribution >= 4 is 27.3 Å². The van der Waals surface area contributed by atoms with Crippen LogP contribution in [0.2, 0.25) is 0 Å². The standard InChI is InChI=1S/C18H18N2O2S/c1-22-8-4-7-20-18(21)15-9-14(11-19-12-15)17-10-13-5-2-3-6-16(13)23-17/h2-3,5-6,9-12H,4,7-8H2,1H3,(H,20,21). The normalized spacial score (nSPS) is 10.8. The fourth-order valence-corrected chi connectivity index (χ4v) is 3.39. The van der Waals surface area contributed by atoms with Gasteiger partial charge in [-0.05, 0) is 30.0 Å². The first-order valence-corrected chi connectivity index (χ1v) is 8.31. The van der Waals surface area contributed by atoms with Gasteiger partial charge in [-0.2, -0.15) is 0 Å². The van der Waals surface area contributed by atoms with E-state index in [0.717, 1.165) is 16.9 Å². The van der Waals surface area contributed by atoms with Crippen LogP contribution < -0.4 is 5.32 Å². The van der Waals surface area contributed by atoms with Crippen LogP contribution in [0, 0.1) is 0 Å². The second kappa shape index (κ2) is 7.35. The summed E-state index contributed by atoms with van der Waals surface area (Å²) in [5.74, 6) is -0.100. The van der Waals surface area contributed by atoms with Gasteiger partial charge in [-0.1, -0.05) is 18.2 Å². The number of carbonyl (C=O) groups excluding carboxylic acids is 1. The minimum Gasteiger partial charge on any atom is -0.385 e. The summed E-state index contributed by atoms with van der Waals surface area (Å²) < 4.78 is 6.21. The molecule has 0 unspecified atom stereocenters. The number of nitrogens with zero attached hydrogens (tertiary/aromatic N) is 1. The van der Waals surface area contributed by atoms with E-state index in [1.54, 1.807) is 30.8 Å². The van der Waals surface area contributed by atoms with Crippen LogP contribution in [0.5, 0.6) is 0 Å². The van der Waals surface area contributed by atoms with Crippen molar-refractivity contribution in [1.29, 1.82) is 0 Å². The third-order valence-corrected chi connectivity index (χ3v) is 4.69. The number of thiophene rings is 1. The van der Waals surface area contributed by atoms with Gasteiger partial charge in [0.25, 0.3) is 5.91 Å². The zero-order chi connectivity index (χ0) is 16.1. The number of methoxy groups -OCH3 is 1. The fraction of sp³-hybridized carbons (Fsp3) is 0.222. The zero-order valence-corrected chi connectivity index (χ0v) is 13.7. The first-order valence-electron chi connectivity index (χ1n) is 7.49. The molecule has 23 heavy (non-hydrogen) atoms. The second-order valence-electron chi connectivity index (χ2n) is 5.21. The van der Waals surface area contributed by atoms with Crippen LogP contribution in [0.1, 0.15) is 16.8 Å². The van der Waals surface area contributed by atoms with Crippen LogP contribution >= 0.6 is 11.3 Å². The quantitative estimate of drug-likeness (QED) is 0.702. The van der Waals surface area contributed by atoms with Crippen LogP contribution in [0.15, 0.2) is 48.8 Å². The van der Waals surface area contributed by atoms with Gasteiger partial charge in [0, 0.05) is 47.8 Å². The van der Waals surface area contributed by atoms with Crippen LogP contribution in [-0.2, 0) is 4.74 Å². The van der Waals surface area contributed by atoms with Gasteiger partial charge in [0.1, 0.15) is 0 Å². The summed E-state index contributed by atoms with van der Waals surface area (Å²) in [6, 6.07) is 12.3. The van der Waals surface area contributed by atoms with E-state index in [2.05, 4.69) is 28.5 Å². The third kappa shape index (κ3) is 3.75. The van der Waals surface area contributed by atoms with Gasteiger partial charge in [-0.25, -0.2) is 0 Å². The van der Waals surface area contributed by atoms with E-state index in [0.29, 0.717) is 18.7 Å². The molecule has 0 fully saturated rings. The molecule has 0 saturated carbocycles. The average Bonchev–Trinajstić information content (AvgIpc) is 3.03. The largest absolute Gasteiger partial charge is 0.385 e. The molecule has 4 nitrogen and oxygen atoms in total. The van der Waals surface area contributed by atoms with E-state index in [9.17, 15) is 4.79 Å². The van der Waals surface area contributed by atoms with Crippen LogP contribution in [-0.4, -0.2) is 31.2 Å². The maximum Gasteiger partial charge on any atom is 0.252 e. The highest BCUT2D eigenvalue weighted by atomic mass is 32.1. The number of pyridine rings is 1. The minimum atomic E-state index is -0.100. The molecule has 3 aromatic rings. The Bertz CT molecular complexity index is 780. The molecule has 0 aliphatic rings. The number of nitrogens with one attached hydrogen (secondary N) is 1. The lowest BCUT2D eigenvalue weighted by molar-refractivity contribution is 0.0948. The second-order valence-corrected chi connectivity index (χ2v) is 6.30. The minimum absolute atomic E-state index is 0.100. The molecule has 0 spiro atoms. The molecule has 2 heterocycles. The molecule has 0 saturated heterocycles. The van der Waals surface area contributed by atoms with E-state index in [-0.39, 0.29) is 5.91 Å². The van der Waals surface area contributed by atoms with E-state index < -0.39 is 0 Å². The smallest absolute Gasteiger partial charge is 0.252 e. The number of hydrogen-bond acceptors (Lipinski definition) is 4. The van der Waals surface area contributed by atoms with Crippen molar-refractivity contribution in [3.8, 4) is 10.4 Å². The van der Waals surface area contributed by atoms with Crippen molar-refractivity contribution in [2.75, 3.05) is 20.3 Å². The van der Waals surface area contributed by atoms with Crippen molar-refractivity contribution in [2.45, 2.75) is 6.42 Å². The maximum absolute atomic E-state index is 12.2. The summed E-state index contributed by atoms with van der Waals surface area (Å²) >= 11 is 1.71. The molecule has 0 aliphatic carbocycles. The van der Waals surface area contributed by atoms with Gasteiger partial charge >= 0.3 is 0 Å². The van der Waals surface area contributed by atoms with Crippen molar-refractivity contribution in [1.82, 2.24) is 10.3 Å². The molecular formula is C18H18N2O2S. The number of hydrogen-bond donors (Lipinski definition) is 1. The van der Waals surface area contributed by atoms with E-state index >= 15 is 0 Å². The van der Waals surface area contributed by atoms with E-state index in [4.69, 9.17) is 4.74 Å². The summed E-state index contributed by atoms with van der Waals surface area (Å²) in [6.07, 6.45) is 4.20. The highest BCUT2D eigenvalue weighted by Crippen LogP contribution is 2.33. The van der Waals surface area contributed by atoms with Gasteiger partial charge in [-0.15, -0.1) is 11.3 Å². The van der Waals surface area contributed by atoms with Crippen LogP contribution in [0.25, 0.3) is 20.5 Å². The first-order chi connectivity index (χ1) is 11.3. The Hall–Kier alpha value is -2.24. The summed E-state index contributed by atoms with van der Waals surface area (Å²) in [5, 5.41) is 4.09. The predicted molar refractivity (Wildman–Crippen MR) is 93.9 cm³/mol. The molecule has 3 rings (SSSR count). The third-order valence-electron chi connectivity index (χ3n) is 3.52. The summed E-state index contributed by atoms with van der Waals surface area (Å²) in [7, 11) is 1.65. The monoisotopic (exact) mass is 326 g/mol. The number of aromatic nitrogens is 1. The van der Waals surface area contributed by atoms with Gasteiger partial charge in [0.05, 0.1) is 5.56 Å². The highest BCUT2D eigenvalue weighted by Gasteiger charge is 2.09. The molecule has 5 heteroatoms. The summed E-state index contributed by atoms with van der Waals surface area (Å²) in [6.45, 7) is 1.24. The number of ether oxygens (including phenoxy) is 1. The molecule has 2 aromatic heterocycles. The summed E-state index contributed by atoms with van der Waals surface area (Å²) in [4.78, 5) is 17.5. The first kappa shape index (κ1) is 15.6.